The summed E-state index contributed by atoms with van der Waals surface area (Å²) in [5, 5.41) is 2.71. The molecule has 3 heterocycles. The Balaban J connectivity index is 1.48. The van der Waals surface area contributed by atoms with Gasteiger partial charge in [-0.2, -0.15) is 0 Å². The lowest BCUT2D eigenvalue weighted by Gasteiger charge is -2.28. The molecule has 152 valence electrons. The van der Waals surface area contributed by atoms with Gasteiger partial charge >= 0.3 is 0 Å². The summed E-state index contributed by atoms with van der Waals surface area (Å²) in [6.45, 7) is 1.57. The van der Waals surface area contributed by atoms with Crippen molar-refractivity contribution in [1.29, 1.82) is 0 Å². The minimum absolute atomic E-state index is 0.00404. The number of nitrogens with one attached hydrogen (secondary N) is 1. The molecule has 9 heteroatoms. The number of oxazole rings is 1. The summed E-state index contributed by atoms with van der Waals surface area (Å²) in [5.41, 5.74) is 1.73. The molecular formula is C21H18N4O5. The summed E-state index contributed by atoms with van der Waals surface area (Å²) in [4.78, 5) is 46.1. The lowest BCUT2D eigenvalue weighted by atomic mass is 10.1. The van der Waals surface area contributed by atoms with E-state index in [4.69, 9.17) is 9.15 Å². The SMILES string of the molecule is CC(=O)c1ccc2c(c1)N(Cc1nc(C(=O)NCc3ccccn3)co1)C(=O)CO2. The number of fused-ring (bicyclic) bond motifs is 1. The van der Waals surface area contributed by atoms with Crippen molar-refractivity contribution in [2.75, 3.05) is 11.5 Å². The third-order valence-electron chi connectivity index (χ3n) is 4.54. The molecular weight excluding hydrogens is 388 g/mol. The van der Waals surface area contributed by atoms with Gasteiger partial charge in [0.25, 0.3) is 11.8 Å². The molecule has 4 rings (SSSR count). The van der Waals surface area contributed by atoms with Crippen LogP contribution < -0.4 is 15.0 Å². The summed E-state index contributed by atoms with van der Waals surface area (Å²) in [7, 11) is 0. The van der Waals surface area contributed by atoms with Gasteiger partial charge in [0, 0.05) is 11.8 Å². The molecule has 0 bridgehead atoms. The number of pyridine rings is 1. The number of aromatic nitrogens is 2. The van der Waals surface area contributed by atoms with E-state index in [2.05, 4.69) is 15.3 Å². The quantitative estimate of drug-likeness (QED) is 0.624. The van der Waals surface area contributed by atoms with E-state index in [9.17, 15) is 14.4 Å². The highest BCUT2D eigenvalue weighted by atomic mass is 16.5. The zero-order valence-corrected chi connectivity index (χ0v) is 16.1. The number of anilines is 1. The zero-order valence-electron chi connectivity index (χ0n) is 16.1. The number of amides is 2. The first kappa shape index (κ1) is 19.3. The van der Waals surface area contributed by atoms with Crippen LogP contribution in [0.15, 0.2) is 53.3 Å². The van der Waals surface area contributed by atoms with Crippen molar-refractivity contribution < 1.29 is 23.5 Å². The highest BCUT2D eigenvalue weighted by Gasteiger charge is 2.28. The minimum atomic E-state index is -0.414. The Morgan fingerprint density at radius 2 is 2.10 bits per heavy atom. The molecule has 0 aliphatic carbocycles. The van der Waals surface area contributed by atoms with Gasteiger partial charge in [-0.15, -0.1) is 0 Å². The van der Waals surface area contributed by atoms with Crippen molar-refractivity contribution in [3.8, 4) is 5.75 Å². The van der Waals surface area contributed by atoms with Gasteiger partial charge < -0.3 is 14.5 Å². The number of carbonyl (C=O) groups excluding carboxylic acids is 3. The molecule has 1 aliphatic rings. The Morgan fingerprint density at radius 1 is 1.23 bits per heavy atom. The van der Waals surface area contributed by atoms with Crippen molar-refractivity contribution in [2.45, 2.75) is 20.0 Å². The number of ether oxygens (including phenoxy) is 1. The molecule has 0 fully saturated rings. The highest BCUT2D eigenvalue weighted by molar-refractivity contribution is 6.01. The van der Waals surface area contributed by atoms with Crippen LogP contribution in [0, 0.1) is 0 Å². The van der Waals surface area contributed by atoms with Gasteiger partial charge in [0.2, 0.25) is 5.89 Å². The molecule has 1 aliphatic heterocycles. The van der Waals surface area contributed by atoms with E-state index < -0.39 is 5.91 Å². The van der Waals surface area contributed by atoms with Crippen LogP contribution in [0.1, 0.15) is 39.4 Å². The summed E-state index contributed by atoms with van der Waals surface area (Å²) in [6.07, 6.45) is 2.88. The van der Waals surface area contributed by atoms with E-state index >= 15 is 0 Å². The number of rotatable bonds is 6. The first-order valence-electron chi connectivity index (χ1n) is 9.22. The fraction of sp³-hybridized carbons (Fsp3) is 0.190. The maximum atomic E-state index is 12.4. The van der Waals surface area contributed by atoms with Crippen LogP contribution in [0.2, 0.25) is 0 Å². The Bertz CT molecular complexity index is 1110. The Morgan fingerprint density at radius 3 is 2.87 bits per heavy atom. The second-order valence-electron chi connectivity index (χ2n) is 6.64. The highest BCUT2D eigenvalue weighted by Crippen LogP contribution is 2.34. The monoisotopic (exact) mass is 406 g/mol. The molecule has 0 radical (unpaired) electrons. The first-order valence-corrected chi connectivity index (χ1v) is 9.22. The molecule has 0 atom stereocenters. The van der Waals surface area contributed by atoms with Crippen molar-refractivity contribution in [3.63, 3.8) is 0 Å². The second kappa shape index (κ2) is 8.16. The largest absolute Gasteiger partial charge is 0.482 e. The van der Waals surface area contributed by atoms with Crippen LogP contribution in [-0.4, -0.2) is 34.2 Å². The average molecular weight is 406 g/mol. The molecule has 1 N–H and O–H groups in total. The van der Waals surface area contributed by atoms with E-state index in [0.717, 1.165) is 0 Å². The Kier molecular flexibility index (Phi) is 5.25. The summed E-state index contributed by atoms with van der Waals surface area (Å²) < 4.78 is 10.8. The normalized spacial score (nSPS) is 12.8. The average Bonchev–Trinajstić information content (AvgIpc) is 3.23. The van der Waals surface area contributed by atoms with Crippen LogP contribution in [-0.2, 0) is 17.9 Å². The molecule has 9 nitrogen and oxygen atoms in total. The number of Topliss-reactive ketones (excluding diaryl/α,β-unsaturated/α-hetero) is 1. The number of hydrogen-bond donors (Lipinski definition) is 1. The Labute approximate surface area is 171 Å². The van der Waals surface area contributed by atoms with Crippen LogP contribution in [0.4, 0.5) is 5.69 Å². The second-order valence-corrected chi connectivity index (χ2v) is 6.64. The third kappa shape index (κ3) is 4.04. The van der Waals surface area contributed by atoms with Gasteiger partial charge in [-0.25, -0.2) is 4.98 Å². The van der Waals surface area contributed by atoms with Gasteiger partial charge in [0.05, 0.1) is 17.9 Å². The lowest BCUT2D eigenvalue weighted by molar-refractivity contribution is -0.121. The summed E-state index contributed by atoms with van der Waals surface area (Å²) in [5.74, 6) is -0.170. The van der Waals surface area contributed by atoms with Gasteiger partial charge in [-0.1, -0.05) is 6.07 Å². The van der Waals surface area contributed by atoms with Crippen molar-refractivity contribution in [3.05, 3.63) is 71.7 Å². The van der Waals surface area contributed by atoms with Gasteiger partial charge in [0.15, 0.2) is 18.1 Å². The molecule has 0 saturated carbocycles. The molecule has 2 amide bonds. The molecule has 2 aromatic heterocycles. The number of hydrogen-bond acceptors (Lipinski definition) is 7. The van der Waals surface area contributed by atoms with Gasteiger partial charge in [-0.3, -0.25) is 24.3 Å². The fourth-order valence-corrected chi connectivity index (χ4v) is 2.98. The van der Waals surface area contributed by atoms with Crippen molar-refractivity contribution in [2.24, 2.45) is 0 Å². The zero-order chi connectivity index (χ0) is 21.1. The van der Waals surface area contributed by atoms with E-state index in [1.54, 1.807) is 36.5 Å². The topological polar surface area (TPSA) is 115 Å². The van der Waals surface area contributed by atoms with Gasteiger partial charge in [-0.05, 0) is 37.3 Å². The number of carbonyl (C=O) groups is 3. The maximum Gasteiger partial charge on any atom is 0.273 e. The maximum absolute atomic E-state index is 12.4. The summed E-state index contributed by atoms with van der Waals surface area (Å²) in [6, 6.07) is 10.3. The van der Waals surface area contributed by atoms with E-state index in [1.807, 2.05) is 6.07 Å². The predicted molar refractivity (Wildman–Crippen MR) is 105 cm³/mol. The van der Waals surface area contributed by atoms with E-state index in [-0.39, 0.29) is 43.0 Å². The van der Waals surface area contributed by atoms with E-state index in [1.165, 1.54) is 18.1 Å². The Hall–Kier alpha value is -4.01. The van der Waals surface area contributed by atoms with E-state index in [0.29, 0.717) is 22.7 Å². The van der Waals surface area contributed by atoms with Crippen LogP contribution in [0.25, 0.3) is 0 Å². The minimum Gasteiger partial charge on any atom is -0.482 e. The third-order valence-corrected chi connectivity index (χ3v) is 4.54. The van der Waals surface area contributed by atoms with Crippen LogP contribution in [0.3, 0.4) is 0 Å². The number of nitrogens with zero attached hydrogens (tertiary/aromatic N) is 3. The molecule has 0 saturated heterocycles. The lowest BCUT2D eigenvalue weighted by Crippen LogP contribution is -2.38. The molecule has 0 unspecified atom stereocenters. The van der Waals surface area contributed by atoms with Gasteiger partial charge in [0.1, 0.15) is 18.6 Å². The predicted octanol–water partition coefficient (Wildman–Crippen LogP) is 2.13. The molecule has 0 spiro atoms. The standard InChI is InChI=1S/C21H18N4O5/c1-13(26)14-5-6-18-17(8-14)25(20(27)12-29-18)10-19-24-16(11-30-19)21(28)23-9-15-4-2-3-7-22-15/h2-8,11H,9-10,12H2,1H3,(H,23,28). The first-order chi connectivity index (χ1) is 14.5. The molecule has 3 aromatic rings. The van der Waals surface area contributed by atoms with Crippen molar-refractivity contribution in [1.82, 2.24) is 15.3 Å². The van der Waals surface area contributed by atoms with Crippen LogP contribution in [0.5, 0.6) is 5.75 Å². The summed E-state index contributed by atoms with van der Waals surface area (Å²) >= 11 is 0. The smallest absolute Gasteiger partial charge is 0.273 e. The molecule has 30 heavy (non-hydrogen) atoms. The number of benzene rings is 1. The number of ketones is 1. The fourth-order valence-electron chi connectivity index (χ4n) is 2.98. The van der Waals surface area contributed by atoms with Crippen molar-refractivity contribution >= 4 is 23.3 Å². The van der Waals surface area contributed by atoms with Crippen LogP contribution >= 0.6 is 0 Å². The molecule has 1 aromatic carbocycles.